The molecule has 4 heteroatoms. The van der Waals surface area contributed by atoms with Crippen LogP contribution in [0.25, 0.3) is 0 Å². The number of rotatable bonds is 9. The molecule has 0 radical (unpaired) electrons. The van der Waals surface area contributed by atoms with Crippen molar-refractivity contribution in [2.75, 3.05) is 19.8 Å². The topological polar surface area (TPSA) is 52.6 Å². The van der Waals surface area contributed by atoms with E-state index in [1.807, 2.05) is 13.8 Å². The van der Waals surface area contributed by atoms with Gasteiger partial charge in [-0.2, -0.15) is 0 Å². The maximum absolute atomic E-state index is 11.7. The third-order valence-corrected chi connectivity index (χ3v) is 2.13. The Balaban J connectivity index is 4.17. The lowest BCUT2D eigenvalue weighted by molar-refractivity contribution is -0.153. The molecule has 0 aromatic rings. The second-order valence-electron chi connectivity index (χ2n) is 3.61. The molecule has 1 unspecified atom stereocenters. The zero-order chi connectivity index (χ0) is 12.4. The predicted octanol–water partition coefficient (Wildman–Crippen LogP) is 1.96. The minimum absolute atomic E-state index is 0.0112. The van der Waals surface area contributed by atoms with Crippen molar-refractivity contribution >= 4 is 11.8 Å². The van der Waals surface area contributed by atoms with Crippen LogP contribution < -0.4 is 0 Å². The van der Waals surface area contributed by atoms with Crippen molar-refractivity contribution < 1.29 is 19.1 Å². The van der Waals surface area contributed by atoms with Gasteiger partial charge >= 0.3 is 5.97 Å². The molecule has 0 aromatic carbocycles. The van der Waals surface area contributed by atoms with E-state index in [0.717, 1.165) is 12.8 Å². The van der Waals surface area contributed by atoms with E-state index in [9.17, 15) is 9.59 Å². The van der Waals surface area contributed by atoms with Crippen LogP contribution in [0, 0.1) is 5.92 Å². The molecule has 0 N–H and O–H groups in total. The maximum atomic E-state index is 11.7. The van der Waals surface area contributed by atoms with Crippen molar-refractivity contribution in [1.29, 1.82) is 0 Å². The summed E-state index contributed by atoms with van der Waals surface area (Å²) in [7, 11) is 0. The Morgan fingerprint density at radius 2 is 1.81 bits per heavy atom. The molecule has 0 aliphatic carbocycles. The highest BCUT2D eigenvalue weighted by molar-refractivity contribution is 5.99. The van der Waals surface area contributed by atoms with Gasteiger partial charge in [0.1, 0.15) is 12.5 Å². The summed E-state index contributed by atoms with van der Waals surface area (Å²) in [6.07, 6.45) is 2.18. The normalized spacial score (nSPS) is 12.2. The van der Waals surface area contributed by atoms with Crippen molar-refractivity contribution in [2.24, 2.45) is 5.92 Å². The van der Waals surface area contributed by atoms with Crippen molar-refractivity contribution in [3.8, 4) is 0 Å². The van der Waals surface area contributed by atoms with Crippen molar-refractivity contribution in [3.05, 3.63) is 0 Å². The molecule has 0 rings (SSSR count). The van der Waals surface area contributed by atoms with Gasteiger partial charge in [-0.3, -0.25) is 9.59 Å². The molecular weight excluding hydrogens is 208 g/mol. The van der Waals surface area contributed by atoms with Crippen LogP contribution in [0.15, 0.2) is 0 Å². The predicted molar refractivity (Wildman–Crippen MR) is 61.1 cm³/mol. The third kappa shape index (κ3) is 5.85. The number of Topliss-reactive ketones (excluding diaryl/α,β-unsaturated/α-hetero) is 1. The smallest absolute Gasteiger partial charge is 0.316 e. The first-order valence-corrected chi connectivity index (χ1v) is 5.94. The molecule has 4 nitrogen and oxygen atoms in total. The molecule has 0 fully saturated rings. The summed E-state index contributed by atoms with van der Waals surface area (Å²) in [6.45, 7) is 6.51. The van der Waals surface area contributed by atoms with Gasteiger partial charge in [0, 0.05) is 6.61 Å². The molecule has 0 bridgehead atoms. The van der Waals surface area contributed by atoms with Crippen molar-refractivity contribution in [2.45, 2.75) is 40.0 Å². The summed E-state index contributed by atoms with van der Waals surface area (Å²) >= 11 is 0. The summed E-state index contributed by atoms with van der Waals surface area (Å²) in [4.78, 5) is 23.2. The number of carbonyl (C=O) groups excluding carboxylic acids is 2. The molecule has 0 aliphatic heterocycles. The highest BCUT2D eigenvalue weighted by atomic mass is 16.5. The Kier molecular flexibility index (Phi) is 8.81. The fraction of sp³-hybridized carbons (Fsp3) is 0.833. The molecular formula is C12H22O4. The quantitative estimate of drug-likeness (QED) is 0.345. The van der Waals surface area contributed by atoms with Crippen LogP contribution in [0.5, 0.6) is 0 Å². The van der Waals surface area contributed by atoms with Crippen molar-refractivity contribution in [3.63, 3.8) is 0 Å². The van der Waals surface area contributed by atoms with Crippen LogP contribution in [-0.4, -0.2) is 31.6 Å². The number of hydrogen-bond acceptors (Lipinski definition) is 4. The highest BCUT2D eigenvalue weighted by Crippen LogP contribution is 2.10. The summed E-state index contributed by atoms with van der Waals surface area (Å²) in [5, 5.41) is 0. The third-order valence-electron chi connectivity index (χ3n) is 2.13. The van der Waals surface area contributed by atoms with Gasteiger partial charge < -0.3 is 9.47 Å². The van der Waals surface area contributed by atoms with Gasteiger partial charge in [-0.15, -0.1) is 0 Å². The number of ketones is 1. The number of esters is 1. The van der Waals surface area contributed by atoms with Crippen LogP contribution >= 0.6 is 0 Å². The maximum Gasteiger partial charge on any atom is 0.316 e. The first-order valence-electron chi connectivity index (χ1n) is 5.94. The second kappa shape index (κ2) is 9.33. The number of ether oxygens (including phenoxy) is 2. The molecule has 1 atom stereocenters. The molecule has 0 aromatic heterocycles. The number of carbonyl (C=O) groups is 2. The summed E-state index contributed by atoms with van der Waals surface area (Å²) < 4.78 is 10.0. The Bertz CT molecular complexity index is 213. The average molecular weight is 230 g/mol. The van der Waals surface area contributed by atoms with E-state index >= 15 is 0 Å². The summed E-state index contributed by atoms with van der Waals surface area (Å²) in [6, 6.07) is 0. The molecule has 0 amide bonds. The van der Waals surface area contributed by atoms with Crippen LogP contribution in [0.2, 0.25) is 0 Å². The van der Waals surface area contributed by atoms with E-state index in [2.05, 4.69) is 0 Å². The van der Waals surface area contributed by atoms with Crippen molar-refractivity contribution in [1.82, 2.24) is 0 Å². The molecule has 0 saturated heterocycles. The Morgan fingerprint density at radius 3 is 2.31 bits per heavy atom. The first kappa shape index (κ1) is 15.1. The van der Waals surface area contributed by atoms with E-state index < -0.39 is 11.9 Å². The lowest BCUT2D eigenvalue weighted by atomic mass is 9.99. The van der Waals surface area contributed by atoms with Gasteiger partial charge in [0.15, 0.2) is 5.78 Å². The van der Waals surface area contributed by atoms with Gasteiger partial charge in [0.05, 0.1) is 6.61 Å². The fourth-order valence-corrected chi connectivity index (χ4v) is 1.36. The van der Waals surface area contributed by atoms with Gasteiger partial charge in [-0.1, -0.05) is 20.3 Å². The Morgan fingerprint density at radius 1 is 1.12 bits per heavy atom. The second-order valence-corrected chi connectivity index (χ2v) is 3.61. The highest BCUT2D eigenvalue weighted by Gasteiger charge is 2.26. The lowest BCUT2D eigenvalue weighted by Gasteiger charge is -2.13. The lowest BCUT2D eigenvalue weighted by Crippen LogP contribution is -2.29. The fourth-order valence-electron chi connectivity index (χ4n) is 1.36. The molecule has 0 heterocycles. The van der Waals surface area contributed by atoms with E-state index in [4.69, 9.17) is 9.47 Å². The van der Waals surface area contributed by atoms with Crippen LogP contribution in [0.3, 0.4) is 0 Å². The van der Waals surface area contributed by atoms with E-state index in [0.29, 0.717) is 19.6 Å². The van der Waals surface area contributed by atoms with Crippen LogP contribution in [0.4, 0.5) is 0 Å². The first-order chi connectivity index (χ1) is 7.67. The van der Waals surface area contributed by atoms with E-state index in [1.54, 1.807) is 6.92 Å². The Labute approximate surface area is 97.3 Å². The molecule has 0 saturated carbocycles. The largest absolute Gasteiger partial charge is 0.465 e. The monoisotopic (exact) mass is 230 g/mol. The number of hydrogen-bond donors (Lipinski definition) is 0. The average Bonchev–Trinajstić information content (AvgIpc) is 2.26. The zero-order valence-corrected chi connectivity index (χ0v) is 10.5. The van der Waals surface area contributed by atoms with Gasteiger partial charge in [-0.05, 0) is 19.8 Å². The SMILES string of the molecule is CCCOCC(=O)C(CCC)C(=O)OCC. The molecule has 0 spiro atoms. The van der Waals surface area contributed by atoms with Gasteiger partial charge in [-0.25, -0.2) is 0 Å². The minimum Gasteiger partial charge on any atom is -0.465 e. The van der Waals surface area contributed by atoms with Crippen LogP contribution in [-0.2, 0) is 19.1 Å². The zero-order valence-electron chi connectivity index (χ0n) is 10.5. The van der Waals surface area contributed by atoms with Gasteiger partial charge in [0.2, 0.25) is 0 Å². The minimum atomic E-state index is -0.651. The van der Waals surface area contributed by atoms with E-state index in [-0.39, 0.29) is 12.4 Å². The standard InChI is InChI=1S/C12H22O4/c1-4-7-10(12(14)16-6-3)11(13)9-15-8-5-2/h10H,4-9H2,1-3H3. The molecule has 94 valence electrons. The van der Waals surface area contributed by atoms with Crippen LogP contribution in [0.1, 0.15) is 40.0 Å². The van der Waals surface area contributed by atoms with Gasteiger partial charge in [0.25, 0.3) is 0 Å². The molecule has 0 aliphatic rings. The summed E-state index contributed by atoms with van der Waals surface area (Å²) in [5.74, 6) is -1.25. The Hall–Kier alpha value is -0.900. The van der Waals surface area contributed by atoms with E-state index in [1.165, 1.54) is 0 Å². The summed E-state index contributed by atoms with van der Waals surface area (Å²) in [5.41, 5.74) is 0. The molecule has 16 heavy (non-hydrogen) atoms.